The van der Waals surface area contributed by atoms with Crippen LogP contribution in [0.15, 0.2) is 30.5 Å². The van der Waals surface area contributed by atoms with Gasteiger partial charge in [0.05, 0.1) is 18.4 Å². The van der Waals surface area contributed by atoms with E-state index in [1.54, 1.807) is 13.3 Å². The first-order chi connectivity index (χ1) is 12.7. The number of ether oxygens (including phenoxy) is 1. The second-order valence-corrected chi connectivity index (χ2v) is 7.09. The van der Waals surface area contributed by atoms with E-state index < -0.39 is 0 Å². The van der Waals surface area contributed by atoms with E-state index in [1.165, 1.54) is 0 Å². The van der Waals surface area contributed by atoms with Crippen LogP contribution >= 0.6 is 0 Å². The quantitative estimate of drug-likeness (QED) is 0.844. The summed E-state index contributed by atoms with van der Waals surface area (Å²) in [6, 6.07) is 7.94. The van der Waals surface area contributed by atoms with Crippen molar-refractivity contribution in [2.45, 2.75) is 18.8 Å². The highest BCUT2D eigenvalue weighted by atomic mass is 16.5. The van der Waals surface area contributed by atoms with E-state index >= 15 is 0 Å². The van der Waals surface area contributed by atoms with Crippen molar-refractivity contribution in [3.05, 3.63) is 47.3 Å². The first-order valence-corrected chi connectivity index (χ1v) is 9.11. The summed E-state index contributed by atoms with van der Waals surface area (Å²) in [6.45, 7) is 3.84. The lowest BCUT2D eigenvalue weighted by Crippen LogP contribution is -2.45. The summed E-state index contributed by atoms with van der Waals surface area (Å²) in [4.78, 5) is 26.4. The Balaban J connectivity index is 1.62. The van der Waals surface area contributed by atoms with Gasteiger partial charge in [0.1, 0.15) is 5.75 Å². The van der Waals surface area contributed by atoms with Crippen molar-refractivity contribution in [3.63, 3.8) is 0 Å². The Morgan fingerprint density at radius 3 is 2.65 bits per heavy atom. The molecule has 1 saturated heterocycles. The van der Waals surface area contributed by atoms with E-state index in [2.05, 4.69) is 21.8 Å². The van der Waals surface area contributed by atoms with Gasteiger partial charge in [-0.05, 0) is 25.1 Å². The number of rotatable bonds is 3. The Bertz CT molecular complexity index is 815. The standard InChI is InChI=1S/C20H24N4O2/c1-23-7-9-24(10-8-23)20-21-13-16-17(22-20)11-14(12-18(16)25)15-5-3-4-6-19(15)26-2/h3-6,13-14H,7-12H2,1-2H3/t14-/m1/s1. The maximum Gasteiger partial charge on any atom is 0.225 e. The summed E-state index contributed by atoms with van der Waals surface area (Å²) in [7, 11) is 3.80. The Labute approximate surface area is 153 Å². The molecule has 0 unspecified atom stereocenters. The molecule has 1 aliphatic heterocycles. The maximum atomic E-state index is 12.7. The van der Waals surface area contributed by atoms with Gasteiger partial charge in [0.15, 0.2) is 5.78 Å². The number of piperazine rings is 1. The van der Waals surface area contributed by atoms with E-state index in [-0.39, 0.29) is 11.7 Å². The van der Waals surface area contributed by atoms with Gasteiger partial charge in [0.25, 0.3) is 0 Å². The first kappa shape index (κ1) is 17.0. The first-order valence-electron chi connectivity index (χ1n) is 9.11. The fourth-order valence-electron chi connectivity index (χ4n) is 3.82. The van der Waals surface area contributed by atoms with Gasteiger partial charge in [-0.2, -0.15) is 0 Å². The molecule has 0 radical (unpaired) electrons. The number of para-hydroxylation sites is 1. The van der Waals surface area contributed by atoms with Crippen molar-refractivity contribution >= 4 is 11.7 Å². The van der Waals surface area contributed by atoms with Crippen LogP contribution in [0.4, 0.5) is 5.95 Å². The molecule has 1 aromatic heterocycles. The number of hydrogen-bond acceptors (Lipinski definition) is 6. The lowest BCUT2D eigenvalue weighted by molar-refractivity contribution is 0.0962. The van der Waals surface area contributed by atoms with Gasteiger partial charge in [-0.25, -0.2) is 9.97 Å². The third-order valence-electron chi connectivity index (χ3n) is 5.39. The molecule has 1 fully saturated rings. The molecular formula is C20H24N4O2. The van der Waals surface area contributed by atoms with E-state index in [4.69, 9.17) is 9.72 Å². The maximum absolute atomic E-state index is 12.7. The molecule has 6 heteroatoms. The molecule has 0 N–H and O–H groups in total. The number of hydrogen-bond donors (Lipinski definition) is 0. The molecule has 1 aromatic carbocycles. The van der Waals surface area contributed by atoms with Crippen LogP contribution in [0.1, 0.15) is 34.0 Å². The van der Waals surface area contributed by atoms with Crippen LogP contribution in [-0.2, 0) is 6.42 Å². The molecular weight excluding hydrogens is 328 g/mol. The average molecular weight is 352 g/mol. The summed E-state index contributed by atoms with van der Waals surface area (Å²) in [6.07, 6.45) is 2.94. The summed E-state index contributed by atoms with van der Waals surface area (Å²) in [5.74, 6) is 1.79. The minimum Gasteiger partial charge on any atom is -0.496 e. The average Bonchev–Trinajstić information content (AvgIpc) is 2.68. The Morgan fingerprint density at radius 2 is 1.88 bits per heavy atom. The zero-order chi connectivity index (χ0) is 18.1. The molecule has 26 heavy (non-hydrogen) atoms. The van der Waals surface area contributed by atoms with Crippen molar-refractivity contribution < 1.29 is 9.53 Å². The summed E-state index contributed by atoms with van der Waals surface area (Å²) in [5, 5.41) is 0. The largest absolute Gasteiger partial charge is 0.496 e. The Morgan fingerprint density at radius 1 is 1.12 bits per heavy atom. The molecule has 1 atom stereocenters. The van der Waals surface area contributed by atoms with Crippen molar-refractivity contribution in [2.75, 3.05) is 45.2 Å². The van der Waals surface area contributed by atoms with Crippen LogP contribution in [-0.4, -0.2) is 61.0 Å². The van der Waals surface area contributed by atoms with E-state index in [1.807, 2.05) is 24.3 Å². The van der Waals surface area contributed by atoms with E-state index in [0.29, 0.717) is 12.0 Å². The Hall–Kier alpha value is -2.47. The summed E-state index contributed by atoms with van der Waals surface area (Å²) in [5.41, 5.74) is 2.61. The van der Waals surface area contributed by atoms with Gasteiger partial charge in [-0.1, -0.05) is 18.2 Å². The number of fused-ring (bicyclic) bond motifs is 1. The number of carbonyl (C=O) groups is 1. The zero-order valence-electron chi connectivity index (χ0n) is 15.3. The number of likely N-dealkylation sites (N-methyl/N-ethyl adjacent to an activating group) is 1. The topological polar surface area (TPSA) is 58.6 Å². The smallest absolute Gasteiger partial charge is 0.225 e. The van der Waals surface area contributed by atoms with Gasteiger partial charge in [-0.3, -0.25) is 4.79 Å². The molecule has 0 spiro atoms. The predicted molar refractivity (Wildman–Crippen MR) is 100 cm³/mol. The number of ketones is 1. The SMILES string of the molecule is COc1ccccc1[C@H]1CC(=O)c2cnc(N3CCN(C)CC3)nc2C1. The van der Waals surface area contributed by atoms with Crippen LogP contribution < -0.4 is 9.64 Å². The minimum absolute atomic E-state index is 0.0985. The van der Waals surface area contributed by atoms with Crippen LogP contribution in [0, 0.1) is 0 Å². The number of benzene rings is 1. The molecule has 2 heterocycles. The van der Waals surface area contributed by atoms with Gasteiger partial charge in [0, 0.05) is 44.7 Å². The highest BCUT2D eigenvalue weighted by Crippen LogP contribution is 2.36. The fraction of sp³-hybridized carbons (Fsp3) is 0.450. The fourth-order valence-corrected chi connectivity index (χ4v) is 3.82. The van der Waals surface area contributed by atoms with Crippen molar-refractivity contribution in [1.29, 1.82) is 0 Å². The normalized spacial score (nSPS) is 20.8. The monoisotopic (exact) mass is 352 g/mol. The molecule has 0 amide bonds. The summed E-state index contributed by atoms with van der Waals surface area (Å²) >= 11 is 0. The van der Waals surface area contributed by atoms with Gasteiger partial charge >= 0.3 is 0 Å². The van der Waals surface area contributed by atoms with Crippen molar-refractivity contribution in [2.24, 2.45) is 0 Å². The number of carbonyl (C=O) groups excluding carboxylic acids is 1. The van der Waals surface area contributed by atoms with Crippen molar-refractivity contribution in [1.82, 2.24) is 14.9 Å². The molecule has 2 aliphatic rings. The Kier molecular flexibility index (Phi) is 4.59. The molecule has 136 valence electrons. The van der Waals surface area contributed by atoms with Crippen LogP contribution in [0.3, 0.4) is 0 Å². The molecule has 1 aliphatic carbocycles. The number of methoxy groups -OCH3 is 1. The van der Waals surface area contributed by atoms with E-state index in [9.17, 15) is 4.79 Å². The molecule has 2 aromatic rings. The molecule has 6 nitrogen and oxygen atoms in total. The number of nitrogens with zero attached hydrogens (tertiary/aromatic N) is 4. The van der Waals surface area contributed by atoms with Gasteiger partial charge in [0.2, 0.25) is 5.95 Å². The highest BCUT2D eigenvalue weighted by molar-refractivity contribution is 5.98. The lowest BCUT2D eigenvalue weighted by atomic mass is 9.82. The highest BCUT2D eigenvalue weighted by Gasteiger charge is 2.30. The van der Waals surface area contributed by atoms with Crippen molar-refractivity contribution in [3.8, 4) is 5.75 Å². The minimum atomic E-state index is 0.0985. The third-order valence-corrected chi connectivity index (χ3v) is 5.39. The predicted octanol–water partition coefficient (Wildman–Crippen LogP) is 2.15. The lowest BCUT2D eigenvalue weighted by Gasteiger charge is -2.33. The number of aromatic nitrogens is 2. The number of anilines is 1. The molecule has 0 saturated carbocycles. The van der Waals surface area contributed by atoms with Gasteiger partial charge in [-0.15, -0.1) is 0 Å². The zero-order valence-corrected chi connectivity index (χ0v) is 15.3. The van der Waals surface area contributed by atoms with Crippen LogP contribution in [0.5, 0.6) is 5.75 Å². The van der Waals surface area contributed by atoms with E-state index in [0.717, 1.165) is 55.6 Å². The number of Topliss-reactive ketones (excluding diaryl/α,β-unsaturated/α-hetero) is 1. The second-order valence-electron chi connectivity index (χ2n) is 7.09. The molecule has 0 bridgehead atoms. The summed E-state index contributed by atoms with van der Waals surface area (Å²) < 4.78 is 5.49. The third kappa shape index (κ3) is 3.17. The molecule has 4 rings (SSSR count). The van der Waals surface area contributed by atoms with Gasteiger partial charge < -0.3 is 14.5 Å². The van der Waals surface area contributed by atoms with Crippen LogP contribution in [0.2, 0.25) is 0 Å². The second kappa shape index (κ2) is 7.03. The van der Waals surface area contributed by atoms with Crippen LogP contribution in [0.25, 0.3) is 0 Å².